The molecule has 0 radical (unpaired) electrons. The fourth-order valence-corrected chi connectivity index (χ4v) is 1.44. The van der Waals surface area contributed by atoms with Crippen LogP contribution < -0.4 is 5.73 Å². The Morgan fingerprint density at radius 3 is 2.84 bits per heavy atom. The van der Waals surface area contributed by atoms with Gasteiger partial charge in [-0.3, -0.25) is 9.48 Å². The third kappa shape index (κ3) is 3.51. The van der Waals surface area contributed by atoms with Crippen LogP contribution in [0.4, 0.5) is 14.5 Å². The Bertz CT molecular complexity index is 598. The molecule has 0 aliphatic heterocycles. The van der Waals surface area contributed by atoms with Gasteiger partial charge in [0.1, 0.15) is 24.8 Å². The van der Waals surface area contributed by atoms with Crippen molar-refractivity contribution in [3.8, 4) is 0 Å². The highest BCUT2D eigenvalue weighted by Crippen LogP contribution is 2.10. The summed E-state index contributed by atoms with van der Waals surface area (Å²) in [7, 11) is 0. The van der Waals surface area contributed by atoms with Crippen LogP contribution in [0.1, 0.15) is 5.56 Å². The van der Waals surface area contributed by atoms with E-state index < -0.39 is 17.6 Å². The summed E-state index contributed by atoms with van der Waals surface area (Å²) in [6.45, 7) is -0.387. The number of nitrogens with two attached hydrogens (primary N) is 1. The molecule has 0 bridgehead atoms. The van der Waals surface area contributed by atoms with Gasteiger partial charge in [0.25, 0.3) is 0 Å². The van der Waals surface area contributed by atoms with Crippen molar-refractivity contribution in [2.24, 2.45) is 0 Å². The van der Waals surface area contributed by atoms with Crippen LogP contribution in [-0.2, 0) is 22.7 Å². The number of esters is 1. The lowest BCUT2D eigenvalue weighted by molar-refractivity contribution is -0.145. The van der Waals surface area contributed by atoms with E-state index in [1.807, 2.05) is 0 Å². The van der Waals surface area contributed by atoms with Gasteiger partial charge in [0.05, 0.1) is 11.9 Å². The molecule has 0 spiro atoms. The number of halogens is 2. The van der Waals surface area contributed by atoms with Crippen molar-refractivity contribution in [3.63, 3.8) is 0 Å². The number of benzene rings is 1. The maximum Gasteiger partial charge on any atom is 0.328 e. The summed E-state index contributed by atoms with van der Waals surface area (Å²) in [6.07, 6.45) is 2.87. The number of rotatable bonds is 4. The normalized spacial score (nSPS) is 10.4. The van der Waals surface area contributed by atoms with Gasteiger partial charge in [-0.15, -0.1) is 0 Å². The summed E-state index contributed by atoms with van der Waals surface area (Å²) >= 11 is 0. The molecule has 0 fully saturated rings. The lowest BCUT2D eigenvalue weighted by Crippen LogP contribution is -2.14. The van der Waals surface area contributed by atoms with Crippen LogP contribution in [0.15, 0.2) is 30.6 Å². The number of ether oxygens (including phenoxy) is 1. The quantitative estimate of drug-likeness (QED) is 0.852. The Kier molecular flexibility index (Phi) is 3.74. The SMILES string of the molecule is Nc1cnn(CC(=O)OCc2ccc(F)cc2F)c1. The number of hydrogen-bond acceptors (Lipinski definition) is 4. The van der Waals surface area contributed by atoms with E-state index in [4.69, 9.17) is 10.5 Å². The van der Waals surface area contributed by atoms with Crippen LogP contribution in [0.2, 0.25) is 0 Å². The van der Waals surface area contributed by atoms with Crippen LogP contribution in [0.5, 0.6) is 0 Å². The molecule has 2 N–H and O–H groups in total. The monoisotopic (exact) mass is 267 g/mol. The van der Waals surface area contributed by atoms with Gasteiger partial charge in [-0.2, -0.15) is 5.10 Å². The summed E-state index contributed by atoms with van der Waals surface area (Å²) in [5.41, 5.74) is 5.97. The van der Waals surface area contributed by atoms with Gasteiger partial charge < -0.3 is 10.5 Å². The van der Waals surface area contributed by atoms with Crippen molar-refractivity contribution in [2.75, 3.05) is 5.73 Å². The van der Waals surface area contributed by atoms with E-state index in [9.17, 15) is 13.6 Å². The first kappa shape index (κ1) is 13.0. The molecule has 1 aromatic carbocycles. The highest BCUT2D eigenvalue weighted by atomic mass is 19.1. The molecule has 100 valence electrons. The first-order chi connectivity index (χ1) is 9.04. The summed E-state index contributed by atoms with van der Waals surface area (Å²) in [5.74, 6) is -2.03. The number of carbonyl (C=O) groups excluding carboxylic acids is 1. The summed E-state index contributed by atoms with van der Waals surface area (Å²) in [6, 6.07) is 3.06. The van der Waals surface area contributed by atoms with Gasteiger partial charge >= 0.3 is 5.97 Å². The topological polar surface area (TPSA) is 70.1 Å². The molecule has 5 nitrogen and oxygen atoms in total. The molecule has 0 amide bonds. The number of hydrogen-bond donors (Lipinski definition) is 1. The molecule has 0 saturated heterocycles. The van der Waals surface area contributed by atoms with E-state index in [1.165, 1.54) is 23.1 Å². The molecule has 1 heterocycles. The van der Waals surface area contributed by atoms with E-state index in [2.05, 4.69) is 5.10 Å². The Balaban J connectivity index is 1.89. The van der Waals surface area contributed by atoms with Gasteiger partial charge in [0.2, 0.25) is 0 Å². The van der Waals surface area contributed by atoms with Gasteiger partial charge in [-0.1, -0.05) is 0 Å². The van der Waals surface area contributed by atoms with Gasteiger partial charge in [0.15, 0.2) is 0 Å². The number of nitrogen functional groups attached to an aromatic ring is 1. The number of nitrogens with zero attached hydrogens (tertiary/aromatic N) is 2. The zero-order valence-electron chi connectivity index (χ0n) is 9.85. The fraction of sp³-hybridized carbons (Fsp3) is 0.167. The summed E-state index contributed by atoms with van der Waals surface area (Å²) < 4.78 is 32.1. The minimum absolute atomic E-state index is 0.106. The van der Waals surface area contributed by atoms with E-state index in [1.54, 1.807) is 0 Å². The molecular weight excluding hydrogens is 256 g/mol. The third-order valence-corrected chi connectivity index (χ3v) is 2.35. The average Bonchev–Trinajstić information content (AvgIpc) is 2.73. The molecule has 0 unspecified atom stereocenters. The van der Waals surface area contributed by atoms with Crippen LogP contribution in [-0.4, -0.2) is 15.7 Å². The first-order valence-electron chi connectivity index (χ1n) is 5.42. The molecule has 2 rings (SSSR count). The van der Waals surface area contributed by atoms with E-state index in [0.29, 0.717) is 5.69 Å². The van der Waals surface area contributed by atoms with E-state index in [-0.39, 0.29) is 18.7 Å². The summed E-state index contributed by atoms with van der Waals surface area (Å²) in [4.78, 5) is 11.5. The molecule has 0 aliphatic carbocycles. The minimum atomic E-state index is -0.754. The lowest BCUT2D eigenvalue weighted by Gasteiger charge is -2.06. The Labute approximate surface area is 107 Å². The molecule has 7 heteroatoms. The fourth-order valence-electron chi connectivity index (χ4n) is 1.44. The predicted octanol–water partition coefficient (Wildman–Crippen LogP) is 1.49. The zero-order valence-corrected chi connectivity index (χ0v) is 9.85. The summed E-state index contributed by atoms with van der Waals surface area (Å²) in [5, 5.41) is 3.81. The molecule has 0 aliphatic rings. The van der Waals surface area contributed by atoms with Crippen molar-refractivity contribution in [1.29, 1.82) is 0 Å². The standard InChI is InChI=1S/C12H11F2N3O2/c13-9-2-1-8(11(14)3-9)7-19-12(18)6-17-5-10(15)4-16-17/h1-5H,6-7,15H2. The number of carbonyl (C=O) groups is 1. The van der Waals surface area contributed by atoms with Crippen molar-refractivity contribution < 1.29 is 18.3 Å². The second-order valence-electron chi connectivity index (χ2n) is 3.87. The van der Waals surface area contributed by atoms with Crippen LogP contribution in [0, 0.1) is 11.6 Å². The Hall–Kier alpha value is -2.44. The number of aromatic nitrogens is 2. The average molecular weight is 267 g/mol. The largest absolute Gasteiger partial charge is 0.459 e. The minimum Gasteiger partial charge on any atom is -0.459 e. The molecule has 0 saturated carbocycles. The van der Waals surface area contributed by atoms with Crippen molar-refractivity contribution in [2.45, 2.75) is 13.2 Å². The van der Waals surface area contributed by atoms with E-state index >= 15 is 0 Å². The van der Waals surface area contributed by atoms with Crippen LogP contribution >= 0.6 is 0 Å². The molecule has 2 aromatic rings. The molecule has 19 heavy (non-hydrogen) atoms. The molecule has 0 atom stereocenters. The second kappa shape index (κ2) is 5.47. The first-order valence-corrected chi connectivity index (χ1v) is 5.42. The van der Waals surface area contributed by atoms with Crippen molar-refractivity contribution in [3.05, 3.63) is 47.8 Å². The smallest absolute Gasteiger partial charge is 0.328 e. The highest BCUT2D eigenvalue weighted by molar-refractivity contribution is 5.69. The lowest BCUT2D eigenvalue weighted by atomic mass is 10.2. The van der Waals surface area contributed by atoms with Crippen molar-refractivity contribution >= 4 is 11.7 Å². The van der Waals surface area contributed by atoms with Crippen LogP contribution in [0.3, 0.4) is 0 Å². The van der Waals surface area contributed by atoms with Crippen LogP contribution in [0.25, 0.3) is 0 Å². The zero-order chi connectivity index (χ0) is 13.8. The maximum atomic E-state index is 13.3. The highest BCUT2D eigenvalue weighted by Gasteiger charge is 2.09. The molecule has 1 aromatic heterocycles. The van der Waals surface area contributed by atoms with Gasteiger partial charge in [-0.05, 0) is 12.1 Å². The van der Waals surface area contributed by atoms with Crippen molar-refractivity contribution in [1.82, 2.24) is 9.78 Å². The van der Waals surface area contributed by atoms with E-state index in [0.717, 1.165) is 12.1 Å². The number of anilines is 1. The maximum absolute atomic E-state index is 13.3. The third-order valence-electron chi connectivity index (χ3n) is 2.35. The Morgan fingerprint density at radius 2 is 2.21 bits per heavy atom. The second-order valence-corrected chi connectivity index (χ2v) is 3.87. The predicted molar refractivity (Wildman–Crippen MR) is 62.8 cm³/mol. The molecular formula is C12H11F2N3O2. The van der Waals surface area contributed by atoms with Gasteiger partial charge in [0, 0.05) is 17.8 Å². The van der Waals surface area contributed by atoms with Gasteiger partial charge in [-0.25, -0.2) is 8.78 Å². The Morgan fingerprint density at radius 1 is 1.42 bits per heavy atom.